The van der Waals surface area contributed by atoms with Crippen LogP contribution in [0.5, 0.6) is 0 Å². The molecule has 0 N–H and O–H groups in total. The van der Waals surface area contributed by atoms with E-state index in [0.29, 0.717) is 6.42 Å². The minimum absolute atomic E-state index is 0.229. The average Bonchev–Trinajstić information content (AvgIpc) is 2.27. The molecule has 0 aliphatic carbocycles. The van der Waals surface area contributed by atoms with Crippen LogP contribution in [0.3, 0.4) is 0 Å². The van der Waals surface area contributed by atoms with Crippen LogP contribution in [0.4, 0.5) is 0 Å². The van der Waals surface area contributed by atoms with E-state index in [2.05, 4.69) is 33.9 Å². The maximum atomic E-state index is 11.6. The first-order chi connectivity index (χ1) is 7.63. The minimum atomic E-state index is -1.70. The van der Waals surface area contributed by atoms with Crippen molar-refractivity contribution in [2.45, 2.75) is 64.3 Å². The Morgan fingerprint density at radius 3 is 2.47 bits per heavy atom. The van der Waals surface area contributed by atoms with Crippen molar-refractivity contribution in [2.24, 2.45) is 0 Å². The van der Waals surface area contributed by atoms with Gasteiger partial charge in [-0.05, 0) is 31.0 Å². The predicted molar refractivity (Wildman–Crippen MR) is 73.6 cm³/mol. The average molecular weight is 257 g/mol. The van der Waals surface area contributed by atoms with Crippen molar-refractivity contribution in [1.29, 1.82) is 0 Å². The maximum absolute atomic E-state index is 11.6. The number of likely N-dealkylation sites (tertiary alicyclic amines) is 1. The summed E-state index contributed by atoms with van der Waals surface area (Å²) in [6.07, 6.45) is 2.88. The molecule has 0 radical (unpaired) electrons. The lowest BCUT2D eigenvalue weighted by molar-refractivity contribution is -0.129. The van der Waals surface area contributed by atoms with Gasteiger partial charge in [0.25, 0.3) is 0 Å². The lowest BCUT2D eigenvalue weighted by Gasteiger charge is -2.39. The Balaban J connectivity index is 2.65. The molecular formula is C13H27NO2Si. The zero-order valence-electron chi connectivity index (χ0n) is 12.2. The Labute approximate surface area is 107 Å². The van der Waals surface area contributed by atoms with Gasteiger partial charge in [0.15, 0.2) is 8.32 Å². The number of nitrogens with zero attached hydrogens (tertiary/aromatic N) is 1. The number of carbonyl (C=O) groups is 1. The predicted octanol–water partition coefficient (Wildman–Crippen LogP) is 3.02. The van der Waals surface area contributed by atoms with Crippen LogP contribution in [0.1, 0.15) is 40.0 Å². The third kappa shape index (κ3) is 3.81. The molecule has 0 aromatic carbocycles. The summed E-state index contributed by atoms with van der Waals surface area (Å²) >= 11 is 0. The standard InChI is InChI=1S/C13H27NO2Si/c1-13(2,3)17(5,6)16-11-8-7-9-12(15)14(4)10-11/h11H,7-10H2,1-6H3/t11-/m1/s1. The van der Waals surface area contributed by atoms with E-state index in [0.717, 1.165) is 19.4 Å². The molecule has 1 rings (SSSR count). The first-order valence-electron chi connectivity index (χ1n) is 6.55. The van der Waals surface area contributed by atoms with Gasteiger partial charge in [0.2, 0.25) is 5.91 Å². The van der Waals surface area contributed by atoms with E-state index >= 15 is 0 Å². The normalized spacial score (nSPS) is 23.8. The molecule has 1 amide bonds. The molecule has 1 heterocycles. The highest BCUT2D eigenvalue weighted by atomic mass is 28.4. The minimum Gasteiger partial charge on any atom is -0.412 e. The van der Waals surface area contributed by atoms with E-state index < -0.39 is 8.32 Å². The summed E-state index contributed by atoms with van der Waals surface area (Å²) in [7, 11) is 0.180. The van der Waals surface area contributed by atoms with Gasteiger partial charge in [-0.2, -0.15) is 0 Å². The van der Waals surface area contributed by atoms with Gasteiger partial charge >= 0.3 is 0 Å². The molecule has 0 aromatic rings. The highest BCUT2D eigenvalue weighted by Crippen LogP contribution is 2.38. The van der Waals surface area contributed by atoms with Crippen LogP contribution < -0.4 is 0 Å². The lowest BCUT2D eigenvalue weighted by atomic mass is 10.2. The Kier molecular flexibility index (Phi) is 4.41. The van der Waals surface area contributed by atoms with Gasteiger partial charge in [0, 0.05) is 20.0 Å². The van der Waals surface area contributed by atoms with E-state index in [9.17, 15) is 4.79 Å². The fourth-order valence-electron chi connectivity index (χ4n) is 1.86. The van der Waals surface area contributed by atoms with Crippen LogP contribution >= 0.6 is 0 Å². The van der Waals surface area contributed by atoms with Crippen molar-refractivity contribution in [2.75, 3.05) is 13.6 Å². The van der Waals surface area contributed by atoms with E-state index in [1.807, 2.05) is 11.9 Å². The molecule has 1 aliphatic heterocycles. The van der Waals surface area contributed by atoms with Crippen LogP contribution in [0.25, 0.3) is 0 Å². The molecule has 1 atom stereocenters. The Morgan fingerprint density at radius 2 is 1.94 bits per heavy atom. The van der Waals surface area contributed by atoms with Crippen molar-refractivity contribution in [1.82, 2.24) is 4.90 Å². The zero-order valence-corrected chi connectivity index (χ0v) is 13.2. The van der Waals surface area contributed by atoms with Crippen LogP contribution in [0.15, 0.2) is 0 Å². The summed E-state index contributed by atoms with van der Waals surface area (Å²) in [4.78, 5) is 13.4. The number of amides is 1. The molecule has 100 valence electrons. The molecule has 17 heavy (non-hydrogen) atoms. The molecule has 0 unspecified atom stereocenters. The number of carbonyl (C=O) groups excluding carboxylic acids is 1. The zero-order chi connectivity index (χ0) is 13.3. The monoisotopic (exact) mass is 257 g/mol. The van der Waals surface area contributed by atoms with Crippen LogP contribution in [0.2, 0.25) is 18.1 Å². The molecule has 1 fully saturated rings. The molecule has 0 saturated carbocycles. The molecule has 3 nitrogen and oxygen atoms in total. The molecule has 1 aliphatic rings. The third-order valence-corrected chi connectivity index (χ3v) is 8.62. The van der Waals surface area contributed by atoms with E-state index in [4.69, 9.17) is 4.43 Å². The highest BCUT2D eigenvalue weighted by Gasteiger charge is 2.39. The van der Waals surface area contributed by atoms with Gasteiger partial charge in [-0.3, -0.25) is 4.79 Å². The molecular weight excluding hydrogens is 230 g/mol. The van der Waals surface area contributed by atoms with Crippen molar-refractivity contribution in [3.05, 3.63) is 0 Å². The molecule has 0 aromatic heterocycles. The van der Waals surface area contributed by atoms with Crippen molar-refractivity contribution in [3.63, 3.8) is 0 Å². The van der Waals surface area contributed by atoms with Gasteiger partial charge in [0.1, 0.15) is 0 Å². The summed E-state index contributed by atoms with van der Waals surface area (Å²) in [5, 5.41) is 0.238. The Hall–Kier alpha value is -0.353. The topological polar surface area (TPSA) is 29.5 Å². The lowest BCUT2D eigenvalue weighted by Crippen LogP contribution is -2.46. The first kappa shape index (κ1) is 14.7. The summed E-state index contributed by atoms with van der Waals surface area (Å²) in [5.41, 5.74) is 0. The van der Waals surface area contributed by atoms with Crippen LogP contribution in [-0.2, 0) is 9.22 Å². The van der Waals surface area contributed by atoms with Gasteiger partial charge in [-0.15, -0.1) is 0 Å². The van der Waals surface area contributed by atoms with Gasteiger partial charge in [0.05, 0.1) is 6.10 Å². The first-order valence-corrected chi connectivity index (χ1v) is 9.46. The SMILES string of the molecule is CN1C[C@H](O[Si](C)(C)C(C)(C)C)CCCC1=O. The van der Waals surface area contributed by atoms with Crippen LogP contribution in [0, 0.1) is 0 Å². The number of hydrogen-bond donors (Lipinski definition) is 0. The van der Waals surface area contributed by atoms with Crippen LogP contribution in [-0.4, -0.2) is 38.8 Å². The largest absolute Gasteiger partial charge is 0.412 e. The quantitative estimate of drug-likeness (QED) is 0.712. The number of likely N-dealkylation sites (N-methyl/N-ethyl adjacent to an activating group) is 1. The second-order valence-electron chi connectivity index (χ2n) is 6.67. The van der Waals surface area contributed by atoms with Gasteiger partial charge in [-0.1, -0.05) is 20.8 Å². The van der Waals surface area contributed by atoms with Crippen molar-refractivity contribution < 1.29 is 9.22 Å². The maximum Gasteiger partial charge on any atom is 0.222 e. The highest BCUT2D eigenvalue weighted by molar-refractivity contribution is 6.74. The fraction of sp³-hybridized carbons (Fsp3) is 0.923. The second kappa shape index (κ2) is 5.10. The Morgan fingerprint density at radius 1 is 1.35 bits per heavy atom. The van der Waals surface area contributed by atoms with Gasteiger partial charge in [-0.25, -0.2) is 0 Å². The number of rotatable bonds is 2. The third-order valence-electron chi connectivity index (χ3n) is 4.09. The summed E-state index contributed by atoms with van der Waals surface area (Å²) in [6.45, 7) is 12.1. The fourth-order valence-corrected chi connectivity index (χ4v) is 3.24. The number of hydrogen-bond acceptors (Lipinski definition) is 2. The molecule has 1 saturated heterocycles. The van der Waals surface area contributed by atoms with Gasteiger partial charge < -0.3 is 9.33 Å². The summed E-state index contributed by atoms with van der Waals surface area (Å²) < 4.78 is 6.39. The molecule has 0 spiro atoms. The van der Waals surface area contributed by atoms with E-state index in [1.54, 1.807) is 0 Å². The molecule has 4 heteroatoms. The van der Waals surface area contributed by atoms with E-state index in [-0.39, 0.29) is 17.0 Å². The van der Waals surface area contributed by atoms with E-state index in [1.165, 1.54) is 0 Å². The summed E-state index contributed by atoms with van der Waals surface area (Å²) in [6, 6.07) is 0. The summed E-state index contributed by atoms with van der Waals surface area (Å²) in [5.74, 6) is 0.256. The van der Waals surface area contributed by atoms with Crippen molar-refractivity contribution in [3.8, 4) is 0 Å². The van der Waals surface area contributed by atoms with Crippen molar-refractivity contribution >= 4 is 14.2 Å². The Bertz CT molecular complexity index is 284. The smallest absolute Gasteiger partial charge is 0.222 e. The second-order valence-corrected chi connectivity index (χ2v) is 11.4. The molecule has 0 bridgehead atoms.